The van der Waals surface area contributed by atoms with Crippen molar-refractivity contribution in [2.45, 2.75) is 38.5 Å². The SMILES string of the molecule is CN(CC12CC3CC(CC(C3)C1)C2)C(=O)c1csc(I)c1. The second-order valence-corrected chi connectivity index (χ2v) is 10.5. The van der Waals surface area contributed by atoms with Crippen molar-refractivity contribution in [3.63, 3.8) is 0 Å². The van der Waals surface area contributed by atoms with Crippen LogP contribution in [-0.4, -0.2) is 24.4 Å². The van der Waals surface area contributed by atoms with E-state index in [0.29, 0.717) is 5.41 Å². The van der Waals surface area contributed by atoms with Crippen LogP contribution in [0.25, 0.3) is 0 Å². The van der Waals surface area contributed by atoms with Gasteiger partial charge in [0.05, 0.1) is 8.45 Å². The maximum atomic E-state index is 12.6. The third-order valence-corrected chi connectivity index (χ3v) is 7.69. The molecule has 4 aliphatic carbocycles. The molecule has 4 fully saturated rings. The lowest BCUT2D eigenvalue weighted by molar-refractivity contribution is -0.0629. The smallest absolute Gasteiger partial charge is 0.254 e. The fourth-order valence-corrected chi connectivity index (χ4v) is 7.02. The Labute approximate surface area is 144 Å². The van der Waals surface area contributed by atoms with Crippen molar-refractivity contribution in [2.75, 3.05) is 13.6 Å². The van der Waals surface area contributed by atoms with Crippen LogP contribution in [0.15, 0.2) is 11.4 Å². The van der Waals surface area contributed by atoms with Crippen molar-refractivity contribution in [3.8, 4) is 0 Å². The average molecular weight is 415 g/mol. The molecule has 4 bridgehead atoms. The number of nitrogens with zero attached hydrogens (tertiary/aromatic N) is 1. The van der Waals surface area contributed by atoms with E-state index in [4.69, 9.17) is 0 Å². The Bertz CT molecular complexity index is 532. The largest absolute Gasteiger partial charge is 0.341 e. The maximum Gasteiger partial charge on any atom is 0.254 e. The minimum Gasteiger partial charge on any atom is -0.341 e. The van der Waals surface area contributed by atoms with Gasteiger partial charge in [0.15, 0.2) is 0 Å². The maximum absolute atomic E-state index is 12.6. The van der Waals surface area contributed by atoms with Crippen LogP contribution in [0.5, 0.6) is 0 Å². The van der Waals surface area contributed by atoms with E-state index in [1.807, 2.05) is 23.4 Å². The Kier molecular flexibility index (Phi) is 3.60. The summed E-state index contributed by atoms with van der Waals surface area (Å²) in [6.45, 7) is 0.974. The second kappa shape index (κ2) is 5.22. The first kappa shape index (κ1) is 14.5. The molecule has 2 nitrogen and oxygen atoms in total. The fraction of sp³-hybridized carbons (Fsp3) is 0.706. The number of carbonyl (C=O) groups is 1. The predicted octanol–water partition coefficient (Wildman–Crippen LogP) is 4.64. The highest BCUT2D eigenvalue weighted by molar-refractivity contribution is 14.1. The summed E-state index contributed by atoms with van der Waals surface area (Å²) < 4.78 is 1.19. The summed E-state index contributed by atoms with van der Waals surface area (Å²) in [4.78, 5) is 14.6. The van der Waals surface area contributed by atoms with Gasteiger partial charge in [-0.15, -0.1) is 11.3 Å². The molecule has 0 N–H and O–H groups in total. The molecule has 4 aliphatic rings. The third kappa shape index (κ3) is 2.67. The first-order valence-corrected chi connectivity index (χ1v) is 9.98. The molecule has 5 rings (SSSR count). The molecule has 1 amide bonds. The molecule has 4 saturated carbocycles. The van der Waals surface area contributed by atoms with Gasteiger partial charge in [0.25, 0.3) is 5.91 Å². The zero-order chi connectivity index (χ0) is 14.6. The van der Waals surface area contributed by atoms with Gasteiger partial charge in [-0.25, -0.2) is 0 Å². The molecule has 1 aromatic heterocycles. The van der Waals surface area contributed by atoms with E-state index < -0.39 is 0 Å². The average Bonchev–Trinajstić information content (AvgIpc) is 2.82. The Morgan fingerprint density at radius 3 is 2.33 bits per heavy atom. The van der Waals surface area contributed by atoms with E-state index in [1.165, 1.54) is 41.4 Å². The van der Waals surface area contributed by atoms with Gasteiger partial charge in [-0.05, 0) is 90.4 Å². The van der Waals surface area contributed by atoms with Crippen LogP contribution in [0.4, 0.5) is 0 Å². The first-order valence-electron chi connectivity index (χ1n) is 8.02. The van der Waals surface area contributed by atoms with Crippen molar-refractivity contribution in [3.05, 3.63) is 19.9 Å². The third-order valence-electron chi connectivity index (χ3n) is 5.90. The van der Waals surface area contributed by atoms with Crippen LogP contribution in [0.2, 0.25) is 0 Å². The molecule has 0 atom stereocenters. The van der Waals surface area contributed by atoms with E-state index in [2.05, 4.69) is 22.6 Å². The molecule has 0 radical (unpaired) electrons. The Morgan fingerprint density at radius 2 is 1.86 bits per heavy atom. The molecule has 1 aromatic rings. The van der Waals surface area contributed by atoms with Crippen LogP contribution in [-0.2, 0) is 0 Å². The van der Waals surface area contributed by atoms with E-state index in [9.17, 15) is 4.79 Å². The summed E-state index contributed by atoms with van der Waals surface area (Å²) in [5.41, 5.74) is 1.32. The van der Waals surface area contributed by atoms with Gasteiger partial charge in [0.1, 0.15) is 0 Å². The van der Waals surface area contributed by atoms with Gasteiger partial charge >= 0.3 is 0 Å². The molecule has 1 heterocycles. The van der Waals surface area contributed by atoms with E-state index >= 15 is 0 Å². The monoisotopic (exact) mass is 415 g/mol. The van der Waals surface area contributed by atoms with Crippen molar-refractivity contribution in [1.29, 1.82) is 0 Å². The molecule has 0 saturated heterocycles. The summed E-state index contributed by atoms with van der Waals surface area (Å²) in [5, 5.41) is 2.00. The first-order chi connectivity index (χ1) is 10.0. The number of hydrogen-bond acceptors (Lipinski definition) is 2. The molecule has 114 valence electrons. The van der Waals surface area contributed by atoms with Crippen LogP contribution in [0.1, 0.15) is 48.9 Å². The summed E-state index contributed by atoms with van der Waals surface area (Å²) in [6.07, 6.45) is 8.53. The highest BCUT2D eigenvalue weighted by Gasteiger charge is 2.51. The standard InChI is InChI=1S/C17H22INOS/c1-19(16(20)14-5-15(18)21-9-14)10-17-6-11-2-12(7-17)4-13(3-11)8-17/h5,9,11-13H,2-4,6-8,10H2,1H3. The minimum absolute atomic E-state index is 0.213. The number of rotatable bonds is 3. The molecule has 21 heavy (non-hydrogen) atoms. The lowest BCUT2D eigenvalue weighted by Crippen LogP contribution is -2.51. The van der Waals surface area contributed by atoms with Crippen molar-refractivity contribution >= 4 is 39.8 Å². The molecule has 0 aromatic carbocycles. The Morgan fingerprint density at radius 1 is 1.29 bits per heavy atom. The summed E-state index contributed by atoms with van der Waals surface area (Å²) in [6, 6.07) is 2.02. The zero-order valence-electron chi connectivity index (χ0n) is 12.5. The van der Waals surface area contributed by atoms with Gasteiger partial charge in [-0.2, -0.15) is 0 Å². The predicted molar refractivity (Wildman–Crippen MR) is 94.6 cm³/mol. The molecule has 0 spiro atoms. The van der Waals surface area contributed by atoms with E-state index in [-0.39, 0.29) is 5.91 Å². The summed E-state index contributed by atoms with van der Waals surface area (Å²) >= 11 is 3.95. The van der Waals surface area contributed by atoms with Gasteiger partial charge in [-0.1, -0.05) is 0 Å². The molecule has 4 heteroatoms. The van der Waals surface area contributed by atoms with Gasteiger partial charge in [0.2, 0.25) is 0 Å². The Balaban J connectivity index is 1.49. The number of thiophene rings is 1. The Hall–Kier alpha value is -0.100. The van der Waals surface area contributed by atoms with Gasteiger partial charge in [0, 0.05) is 19.0 Å². The number of amides is 1. The zero-order valence-corrected chi connectivity index (χ0v) is 15.5. The van der Waals surface area contributed by atoms with Crippen LogP contribution >= 0.6 is 33.9 Å². The summed E-state index contributed by atoms with van der Waals surface area (Å²) in [5.74, 6) is 3.09. The lowest BCUT2D eigenvalue weighted by atomic mass is 9.49. The van der Waals surface area contributed by atoms with E-state index in [0.717, 1.165) is 29.9 Å². The molecular weight excluding hydrogens is 393 g/mol. The van der Waals surface area contributed by atoms with Crippen molar-refractivity contribution in [1.82, 2.24) is 4.90 Å². The topological polar surface area (TPSA) is 20.3 Å². The minimum atomic E-state index is 0.213. The summed E-state index contributed by atoms with van der Waals surface area (Å²) in [7, 11) is 2.01. The van der Waals surface area contributed by atoms with Crippen LogP contribution in [0.3, 0.4) is 0 Å². The second-order valence-electron chi connectivity index (χ2n) is 7.72. The van der Waals surface area contributed by atoms with Crippen molar-refractivity contribution < 1.29 is 4.79 Å². The number of hydrogen-bond donors (Lipinski definition) is 0. The highest BCUT2D eigenvalue weighted by Crippen LogP contribution is 2.60. The number of halogens is 1. The van der Waals surface area contributed by atoms with Gasteiger partial charge in [-0.3, -0.25) is 4.79 Å². The molecular formula is C17H22INOS. The van der Waals surface area contributed by atoms with Crippen molar-refractivity contribution in [2.24, 2.45) is 23.2 Å². The van der Waals surface area contributed by atoms with Crippen LogP contribution < -0.4 is 0 Å². The number of carbonyl (C=O) groups excluding carboxylic acids is 1. The molecule has 0 aliphatic heterocycles. The lowest BCUT2D eigenvalue weighted by Gasteiger charge is -2.57. The van der Waals surface area contributed by atoms with E-state index in [1.54, 1.807) is 11.3 Å². The van der Waals surface area contributed by atoms with Gasteiger partial charge < -0.3 is 4.90 Å². The molecule has 0 unspecified atom stereocenters. The fourth-order valence-electron chi connectivity index (χ4n) is 5.70. The van der Waals surface area contributed by atoms with Crippen LogP contribution in [0, 0.1) is 26.1 Å². The normalized spacial score (nSPS) is 37.0. The highest BCUT2D eigenvalue weighted by atomic mass is 127. The quantitative estimate of drug-likeness (QED) is 0.659.